The number of nitrogens with one attached hydrogen (secondary N) is 2. The van der Waals surface area contributed by atoms with Gasteiger partial charge in [-0.15, -0.1) is 0 Å². The summed E-state index contributed by atoms with van der Waals surface area (Å²) in [4.78, 5) is 54.7. The van der Waals surface area contributed by atoms with E-state index in [9.17, 15) is 19.2 Å². The second-order valence-electron chi connectivity index (χ2n) is 11.7. The highest BCUT2D eigenvalue weighted by atomic mass is 16.6. The van der Waals surface area contributed by atoms with Crippen molar-refractivity contribution < 1.29 is 23.9 Å². The fourth-order valence-corrected chi connectivity index (χ4v) is 5.08. The third kappa shape index (κ3) is 7.23. The molecule has 0 aromatic heterocycles. The summed E-state index contributed by atoms with van der Waals surface area (Å²) in [6.45, 7) is 9.00. The van der Waals surface area contributed by atoms with Gasteiger partial charge in [0.05, 0.1) is 0 Å². The van der Waals surface area contributed by atoms with Crippen molar-refractivity contribution in [2.24, 2.45) is 5.92 Å². The lowest BCUT2D eigenvalue weighted by Gasteiger charge is -2.38. The predicted molar refractivity (Wildman–Crippen MR) is 141 cm³/mol. The fraction of sp³-hybridized carbons (Fsp3) is 0.643. The zero-order valence-electron chi connectivity index (χ0n) is 22.5. The number of anilines is 1. The van der Waals surface area contributed by atoms with Gasteiger partial charge in [-0.05, 0) is 76.6 Å². The van der Waals surface area contributed by atoms with Gasteiger partial charge in [-0.1, -0.05) is 12.8 Å². The number of amides is 4. The van der Waals surface area contributed by atoms with Gasteiger partial charge < -0.3 is 20.3 Å². The van der Waals surface area contributed by atoms with Crippen LogP contribution in [0, 0.1) is 5.92 Å². The summed E-state index contributed by atoms with van der Waals surface area (Å²) in [7, 11) is 0. The smallest absolute Gasteiger partial charge is 0.407 e. The van der Waals surface area contributed by atoms with E-state index in [1.807, 2.05) is 27.7 Å². The molecule has 2 fully saturated rings. The number of Topliss-reactive ketones (excluding diaryl/α,β-unsaturated/α-hetero) is 1. The van der Waals surface area contributed by atoms with Gasteiger partial charge in [-0.3, -0.25) is 14.5 Å². The van der Waals surface area contributed by atoms with Gasteiger partial charge in [0.1, 0.15) is 11.4 Å². The molecule has 2 heterocycles. The number of hydrogen-bond acceptors (Lipinski definition) is 5. The molecule has 1 aliphatic carbocycles. The number of fused-ring (bicyclic) bond motifs is 1. The molecule has 1 saturated carbocycles. The first-order valence-corrected chi connectivity index (χ1v) is 13.5. The van der Waals surface area contributed by atoms with Crippen molar-refractivity contribution in [3.8, 4) is 0 Å². The Morgan fingerprint density at radius 1 is 1.08 bits per heavy atom. The molecule has 1 aromatic carbocycles. The van der Waals surface area contributed by atoms with E-state index in [1.165, 1.54) is 12.8 Å². The molecule has 202 valence electrons. The largest absolute Gasteiger partial charge is 0.444 e. The zero-order valence-corrected chi connectivity index (χ0v) is 22.5. The number of piperidine rings is 1. The zero-order chi connectivity index (χ0) is 26.7. The quantitative estimate of drug-likeness (QED) is 0.619. The average Bonchev–Trinajstić information content (AvgIpc) is 3.64. The Bertz CT molecular complexity index is 1040. The first-order valence-electron chi connectivity index (χ1n) is 13.5. The number of benzene rings is 1. The molecule has 3 aliphatic rings. The Morgan fingerprint density at radius 2 is 1.78 bits per heavy atom. The SMILES string of the molecule is C[C@H]1CC(=O)Cc2cc(C(=O)NCCC3CC3)ccc2N1C(=O)N1CCC(NC(=O)OC(C)(C)C)CC1. The highest BCUT2D eigenvalue weighted by Crippen LogP contribution is 2.32. The maximum atomic E-state index is 13.7. The van der Waals surface area contributed by atoms with Crippen LogP contribution in [0.25, 0.3) is 0 Å². The highest BCUT2D eigenvalue weighted by Gasteiger charge is 2.35. The van der Waals surface area contributed by atoms with E-state index in [-0.39, 0.29) is 42.6 Å². The topological polar surface area (TPSA) is 108 Å². The van der Waals surface area contributed by atoms with Crippen LogP contribution < -0.4 is 15.5 Å². The van der Waals surface area contributed by atoms with E-state index < -0.39 is 11.7 Å². The number of hydrogen-bond donors (Lipinski definition) is 2. The van der Waals surface area contributed by atoms with E-state index >= 15 is 0 Å². The molecule has 0 radical (unpaired) electrons. The number of ether oxygens (including phenoxy) is 1. The number of ketones is 1. The molecule has 2 aliphatic heterocycles. The minimum Gasteiger partial charge on any atom is -0.444 e. The maximum absolute atomic E-state index is 13.7. The standard InChI is InChI=1S/C28H40N4O5/c1-18-15-23(33)17-21-16-20(25(34)29-12-9-19-5-6-19)7-8-24(21)32(18)27(36)31-13-10-22(11-14-31)30-26(35)37-28(2,3)4/h7-8,16,18-19,22H,5-6,9-15,17H2,1-4H3,(H,29,34)(H,30,35)/t18-/m0/s1. The lowest BCUT2D eigenvalue weighted by Crippen LogP contribution is -2.53. The van der Waals surface area contributed by atoms with Gasteiger partial charge in [-0.2, -0.15) is 0 Å². The summed E-state index contributed by atoms with van der Waals surface area (Å²) >= 11 is 0. The Morgan fingerprint density at radius 3 is 2.43 bits per heavy atom. The van der Waals surface area contributed by atoms with Gasteiger partial charge in [0.25, 0.3) is 5.91 Å². The summed E-state index contributed by atoms with van der Waals surface area (Å²) < 4.78 is 5.35. The van der Waals surface area contributed by atoms with Crippen molar-refractivity contribution in [1.29, 1.82) is 0 Å². The Labute approximate surface area is 219 Å². The van der Waals surface area contributed by atoms with Crippen LogP contribution in [0.3, 0.4) is 0 Å². The minimum atomic E-state index is -0.564. The van der Waals surface area contributed by atoms with Crippen LogP contribution in [0.1, 0.15) is 82.1 Å². The van der Waals surface area contributed by atoms with Crippen molar-refractivity contribution in [1.82, 2.24) is 15.5 Å². The van der Waals surface area contributed by atoms with Crippen LogP contribution in [0.2, 0.25) is 0 Å². The van der Waals surface area contributed by atoms with Crippen LogP contribution in [0.4, 0.5) is 15.3 Å². The molecule has 2 N–H and O–H groups in total. The third-order valence-electron chi connectivity index (χ3n) is 7.18. The van der Waals surface area contributed by atoms with Gasteiger partial charge in [0.15, 0.2) is 0 Å². The molecule has 0 spiro atoms. The highest BCUT2D eigenvalue weighted by molar-refractivity contribution is 6.00. The lowest BCUT2D eigenvalue weighted by atomic mass is 10.0. The molecule has 1 atom stereocenters. The average molecular weight is 513 g/mol. The number of carbonyl (C=O) groups is 4. The van der Waals surface area contributed by atoms with Crippen molar-refractivity contribution in [2.45, 2.75) is 90.3 Å². The van der Waals surface area contributed by atoms with Crippen LogP contribution in [0.5, 0.6) is 0 Å². The molecular formula is C28H40N4O5. The number of rotatable bonds is 5. The minimum absolute atomic E-state index is 0.0515. The number of urea groups is 1. The fourth-order valence-electron chi connectivity index (χ4n) is 5.08. The van der Waals surface area contributed by atoms with Crippen LogP contribution in [-0.4, -0.2) is 66.0 Å². The summed E-state index contributed by atoms with van der Waals surface area (Å²) in [5, 5.41) is 5.88. The summed E-state index contributed by atoms with van der Waals surface area (Å²) in [6, 6.07) is 4.79. The summed E-state index contributed by atoms with van der Waals surface area (Å²) in [5.74, 6) is 0.644. The first-order chi connectivity index (χ1) is 17.5. The van der Waals surface area contributed by atoms with Crippen molar-refractivity contribution in [3.05, 3.63) is 29.3 Å². The Hall–Kier alpha value is -3.10. The van der Waals surface area contributed by atoms with Crippen molar-refractivity contribution in [2.75, 3.05) is 24.5 Å². The van der Waals surface area contributed by atoms with Gasteiger partial charge in [0.2, 0.25) is 0 Å². The number of likely N-dealkylation sites (tertiary alicyclic amines) is 1. The molecule has 0 bridgehead atoms. The van der Waals surface area contributed by atoms with Crippen LogP contribution in [0.15, 0.2) is 18.2 Å². The second kappa shape index (κ2) is 11.1. The van der Waals surface area contributed by atoms with Crippen LogP contribution >= 0.6 is 0 Å². The number of nitrogens with zero attached hydrogens (tertiary/aromatic N) is 2. The molecule has 1 aromatic rings. The lowest BCUT2D eigenvalue weighted by molar-refractivity contribution is -0.118. The molecular weight excluding hydrogens is 472 g/mol. The van der Waals surface area contributed by atoms with E-state index in [4.69, 9.17) is 4.74 Å². The van der Waals surface area contributed by atoms with Gasteiger partial charge >= 0.3 is 12.1 Å². The summed E-state index contributed by atoms with van der Waals surface area (Å²) in [6.07, 6.45) is 4.76. The molecule has 0 unspecified atom stereocenters. The predicted octanol–water partition coefficient (Wildman–Crippen LogP) is 4.04. The third-order valence-corrected chi connectivity index (χ3v) is 7.18. The molecule has 1 saturated heterocycles. The maximum Gasteiger partial charge on any atom is 0.407 e. The second-order valence-corrected chi connectivity index (χ2v) is 11.7. The molecule has 4 rings (SSSR count). The monoisotopic (exact) mass is 512 g/mol. The molecule has 9 nitrogen and oxygen atoms in total. The Balaban J connectivity index is 1.42. The number of alkyl carbamates (subject to hydrolysis) is 1. The van der Waals surface area contributed by atoms with E-state index in [0.717, 1.165) is 12.3 Å². The van der Waals surface area contributed by atoms with E-state index in [0.29, 0.717) is 49.3 Å². The van der Waals surface area contributed by atoms with E-state index in [1.54, 1.807) is 28.0 Å². The number of carbonyl (C=O) groups excluding carboxylic acids is 4. The summed E-state index contributed by atoms with van der Waals surface area (Å²) in [5.41, 5.74) is 1.34. The normalized spacial score (nSPS) is 20.6. The van der Waals surface area contributed by atoms with Gasteiger partial charge in [0, 0.05) is 55.8 Å². The molecule has 4 amide bonds. The van der Waals surface area contributed by atoms with Crippen molar-refractivity contribution in [3.63, 3.8) is 0 Å². The first kappa shape index (κ1) is 26.9. The Kier molecular flexibility index (Phi) is 8.09. The molecule has 9 heteroatoms. The van der Waals surface area contributed by atoms with Crippen LogP contribution in [-0.2, 0) is 16.0 Å². The molecule has 37 heavy (non-hydrogen) atoms. The van der Waals surface area contributed by atoms with Crippen molar-refractivity contribution >= 4 is 29.5 Å². The van der Waals surface area contributed by atoms with Gasteiger partial charge in [-0.25, -0.2) is 9.59 Å². The van der Waals surface area contributed by atoms with E-state index in [2.05, 4.69) is 10.6 Å².